The minimum atomic E-state index is -0.466. The number of carbonyl (C=O) groups excluding carboxylic acids is 1. The van der Waals surface area contributed by atoms with E-state index in [4.69, 9.17) is 4.74 Å². The van der Waals surface area contributed by atoms with Crippen LogP contribution >= 0.6 is 11.3 Å². The number of benzene rings is 1. The molecule has 3 aromatic rings. The molecule has 8 heteroatoms. The molecule has 154 valence electrons. The molecule has 0 saturated heterocycles. The number of carbonyl (C=O) groups is 1. The minimum absolute atomic E-state index is 0.0471. The lowest BCUT2D eigenvalue weighted by atomic mass is 9.86. The summed E-state index contributed by atoms with van der Waals surface area (Å²) < 4.78 is 5.94. The van der Waals surface area contributed by atoms with Gasteiger partial charge in [0.25, 0.3) is 5.91 Å². The van der Waals surface area contributed by atoms with Gasteiger partial charge in [-0.15, -0.1) is 11.3 Å². The predicted molar refractivity (Wildman–Crippen MR) is 117 cm³/mol. The third-order valence-electron chi connectivity index (χ3n) is 5.57. The molecule has 1 aromatic carbocycles. The first-order valence-electron chi connectivity index (χ1n) is 9.95. The molecule has 2 aromatic heterocycles. The molecule has 0 spiro atoms. The molecule has 2 N–H and O–H groups in total. The van der Waals surface area contributed by atoms with Crippen LogP contribution in [-0.2, 0) is 6.54 Å². The number of fused-ring (bicyclic) bond motifs is 2. The van der Waals surface area contributed by atoms with Crippen LogP contribution in [0.2, 0.25) is 0 Å². The van der Waals surface area contributed by atoms with E-state index < -0.39 is 5.54 Å². The summed E-state index contributed by atoms with van der Waals surface area (Å²) in [6.07, 6.45) is 3.63. The van der Waals surface area contributed by atoms with Gasteiger partial charge in [0, 0.05) is 24.6 Å². The summed E-state index contributed by atoms with van der Waals surface area (Å²) in [7, 11) is 0. The first-order chi connectivity index (χ1) is 14.5. The van der Waals surface area contributed by atoms with Crippen LogP contribution in [0, 0.1) is 0 Å². The maximum absolute atomic E-state index is 12.5. The summed E-state index contributed by atoms with van der Waals surface area (Å²) in [5.74, 6) is 0.798. The number of hydrogen-bond acceptors (Lipinski definition) is 7. The van der Waals surface area contributed by atoms with Crippen molar-refractivity contribution in [2.45, 2.75) is 32.0 Å². The van der Waals surface area contributed by atoms with Crippen LogP contribution in [-0.4, -0.2) is 34.6 Å². The lowest BCUT2D eigenvalue weighted by Crippen LogP contribution is -2.58. The fourth-order valence-electron chi connectivity index (χ4n) is 4.24. The Morgan fingerprint density at radius 1 is 1.37 bits per heavy atom. The summed E-state index contributed by atoms with van der Waals surface area (Å²) in [5.41, 5.74) is 5.26. The van der Waals surface area contributed by atoms with Crippen LogP contribution in [0.15, 0.2) is 48.2 Å². The Labute approximate surface area is 179 Å². The van der Waals surface area contributed by atoms with Gasteiger partial charge in [0.15, 0.2) is 0 Å². The standard InChI is InChI=1S/C22H23N5O2S/c1-22(2)20(18-19(21(28)26-22)30-13-25-18)27-8-9-29-17-6-5-15(10-16(17)27)24-12-14-4-3-7-23-11-14/h3-7,10-11,13,20,24H,8-9,12H2,1-2H3,(H,26,28). The van der Waals surface area contributed by atoms with E-state index in [-0.39, 0.29) is 11.9 Å². The van der Waals surface area contributed by atoms with E-state index in [0.717, 1.165) is 34.9 Å². The third-order valence-corrected chi connectivity index (χ3v) is 6.41. The summed E-state index contributed by atoms with van der Waals surface area (Å²) in [6.45, 7) is 6.11. The van der Waals surface area contributed by atoms with Crippen LogP contribution in [0.3, 0.4) is 0 Å². The Kier molecular flexibility index (Phi) is 4.58. The van der Waals surface area contributed by atoms with Gasteiger partial charge in [-0.05, 0) is 43.7 Å². The Morgan fingerprint density at radius 3 is 3.10 bits per heavy atom. The van der Waals surface area contributed by atoms with Crippen molar-refractivity contribution in [2.75, 3.05) is 23.4 Å². The highest BCUT2D eigenvalue weighted by atomic mass is 32.1. The molecule has 5 rings (SSSR count). The smallest absolute Gasteiger partial charge is 0.263 e. The summed E-state index contributed by atoms with van der Waals surface area (Å²) >= 11 is 1.39. The fourth-order valence-corrected chi connectivity index (χ4v) is 4.95. The second kappa shape index (κ2) is 7.28. The van der Waals surface area contributed by atoms with Gasteiger partial charge in [0.2, 0.25) is 0 Å². The summed E-state index contributed by atoms with van der Waals surface area (Å²) in [5, 5.41) is 6.63. The second-order valence-corrected chi connectivity index (χ2v) is 8.94. The number of amides is 1. The van der Waals surface area contributed by atoms with Gasteiger partial charge in [-0.25, -0.2) is 4.98 Å². The number of thiazole rings is 1. The molecule has 4 heterocycles. The average Bonchev–Trinajstić information content (AvgIpc) is 3.22. The largest absolute Gasteiger partial charge is 0.490 e. The van der Waals surface area contributed by atoms with Gasteiger partial charge in [-0.2, -0.15) is 0 Å². The van der Waals surface area contributed by atoms with Crippen molar-refractivity contribution in [3.8, 4) is 5.75 Å². The summed E-state index contributed by atoms with van der Waals surface area (Å²) in [4.78, 5) is 24.3. The molecule has 0 fully saturated rings. The van der Waals surface area contributed by atoms with E-state index in [1.165, 1.54) is 11.3 Å². The van der Waals surface area contributed by atoms with Gasteiger partial charge in [-0.3, -0.25) is 9.78 Å². The Bertz CT molecular complexity index is 1080. The number of anilines is 2. The molecule has 1 unspecified atom stereocenters. The lowest BCUT2D eigenvalue weighted by molar-refractivity contribution is 0.0876. The van der Waals surface area contributed by atoms with Crippen molar-refractivity contribution < 1.29 is 9.53 Å². The molecule has 7 nitrogen and oxygen atoms in total. The van der Waals surface area contributed by atoms with E-state index >= 15 is 0 Å². The fraction of sp³-hybridized carbons (Fsp3) is 0.318. The SMILES string of the molecule is CC1(C)NC(=O)c2scnc2C1N1CCOc2ccc(NCc3cccnc3)cc21. The van der Waals surface area contributed by atoms with Gasteiger partial charge < -0.3 is 20.3 Å². The number of rotatable bonds is 4. The monoisotopic (exact) mass is 421 g/mol. The van der Waals surface area contributed by atoms with Crippen LogP contribution in [0.1, 0.15) is 40.8 Å². The normalized spacial score (nSPS) is 19.3. The van der Waals surface area contributed by atoms with E-state index in [1.54, 1.807) is 11.7 Å². The Morgan fingerprint density at radius 2 is 2.27 bits per heavy atom. The predicted octanol–water partition coefficient (Wildman–Crippen LogP) is 3.61. The topological polar surface area (TPSA) is 79.4 Å². The zero-order chi connectivity index (χ0) is 20.7. The molecule has 0 aliphatic carbocycles. The molecule has 2 aliphatic rings. The molecule has 1 amide bonds. The highest BCUT2D eigenvalue weighted by Gasteiger charge is 2.46. The van der Waals surface area contributed by atoms with Crippen molar-refractivity contribution in [1.82, 2.24) is 15.3 Å². The van der Waals surface area contributed by atoms with Gasteiger partial charge in [-0.1, -0.05) is 6.07 Å². The molecule has 1 atom stereocenters. The lowest BCUT2D eigenvalue weighted by Gasteiger charge is -2.47. The van der Waals surface area contributed by atoms with E-state index in [2.05, 4.69) is 45.4 Å². The van der Waals surface area contributed by atoms with Crippen molar-refractivity contribution in [3.63, 3.8) is 0 Å². The molecule has 30 heavy (non-hydrogen) atoms. The first-order valence-corrected chi connectivity index (χ1v) is 10.8. The number of pyridine rings is 1. The number of ether oxygens (including phenoxy) is 1. The molecule has 0 bridgehead atoms. The Hall–Kier alpha value is -3.13. The van der Waals surface area contributed by atoms with Crippen LogP contribution in [0.4, 0.5) is 11.4 Å². The van der Waals surface area contributed by atoms with Crippen molar-refractivity contribution in [2.24, 2.45) is 0 Å². The van der Waals surface area contributed by atoms with E-state index in [1.807, 2.05) is 30.5 Å². The van der Waals surface area contributed by atoms with Gasteiger partial charge in [0.1, 0.15) is 17.2 Å². The highest BCUT2D eigenvalue weighted by Crippen LogP contribution is 2.45. The maximum Gasteiger partial charge on any atom is 0.263 e. The third kappa shape index (κ3) is 3.27. The molecular formula is C22H23N5O2S. The van der Waals surface area contributed by atoms with Gasteiger partial charge >= 0.3 is 0 Å². The summed E-state index contributed by atoms with van der Waals surface area (Å²) in [6, 6.07) is 10.1. The zero-order valence-electron chi connectivity index (χ0n) is 16.9. The van der Waals surface area contributed by atoms with Crippen molar-refractivity contribution >= 4 is 28.6 Å². The van der Waals surface area contributed by atoms with Crippen molar-refractivity contribution in [3.05, 3.63) is 64.4 Å². The minimum Gasteiger partial charge on any atom is -0.490 e. The highest BCUT2D eigenvalue weighted by molar-refractivity contribution is 7.12. The quantitative estimate of drug-likeness (QED) is 0.670. The van der Waals surface area contributed by atoms with Crippen LogP contribution in [0.5, 0.6) is 5.75 Å². The second-order valence-electron chi connectivity index (χ2n) is 8.08. The number of nitrogens with zero attached hydrogens (tertiary/aromatic N) is 3. The van der Waals surface area contributed by atoms with Crippen LogP contribution < -0.4 is 20.3 Å². The number of nitrogens with one attached hydrogen (secondary N) is 2. The molecule has 0 saturated carbocycles. The zero-order valence-corrected chi connectivity index (χ0v) is 17.7. The van der Waals surface area contributed by atoms with Crippen molar-refractivity contribution in [1.29, 1.82) is 0 Å². The molecule has 0 radical (unpaired) electrons. The Balaban J connectivity index is 1.49. The maximum atomic E-state index is 12.5. The molecule has 2 aliphatic heterocycles. The van der Waals surface area contributed by atoms with E-state index in [0.29, 0.717) is 18.0 Å². The van der Waals surface area contributed by atoms with Gasteiger partial charge in [0.05, 0.1) is 35.0 Å². The average molecular weight is 422 g/mol. The van der Waals surface area contributed by atoms with E-state index in [9.17, 15) is 4.79 Å². The van der Waals surface area contributed by atoms with Crippen LogP contribution in [0.25, 0.3) is 0 Å². The first kappa shape index (κ1) is 18.9. The molecular weight excluding hydrogens is 398 g/mol. The number of hydrogen-bond donors (Lipinski definition) is 2. The number of aromatic nitrogens is 2.